The summed E-state index contributed by atoms with van der Waals surface area (Å²) < 4.78 is 17.7. The van der Waals surface area contributed by atoms with Crippen molar-refractivity contribution in [1.82, 2.24) is 10.2 Å². The largest absolute Gasteiger partial charge is 0.475 e. The first kappa shape index (κ1) is 21.4. The van der Waals surface area contributed by atoms with Gasteiger partial charge in [-0.05, 0) is 48.2 Å². The summed E-state index contributed by atoms with van der Waals surface area (Å²) in [5, 5.41) is 8.55. The minimum absolute atomic E-state index is 0.190. The molecule has 7 heteroatoms. The first-order chi connectivity index (χ1) is 16.0. The van der Waals surface area contributed by atoms with E-state index in [4.69, 9.17) is 23.9 Å². The van der Waals surface area contributed by atoms with Crippen molar-refractivity contribution < 1.29 is 13.9 Å². The van der Waals surface area contributed by atoms with Gasteiger partial charge in [-0.15, -0.1) is 10.2 Å². The Labute approximate surface area is 193 Å². The van der Waals surface area contributed by atoms with Gasteiger partial charge in [-0.3, -0.25) is 0 Å². The van der Waals surface area contributed by atoms with Crippen LogP contribution in [0.15, 0.2) is 62.9 Å². The van der Waals surface area contributed by atoms with Gasteiger partial charge in [0.25, 0.3) is 0 Å². The van der Waals surface area contributed by atoms with Gasteiger partial charge in [-0.25, -0.2) is 9.98 Å². The highest BCUT2D eigenvalue weighted by Crippen LogP contribution is 2.27. The van der Waals surface area contributed by atoms with Crippen molar-refractivity contribution in [2.75, 3.05) is 13.2 Å². The number of aliphatic imine (C=N–C) groups is 2. The average Bonchev–Trinajstić information content (AvgIpc) is 3.60. The van der Waals surface area contributed by atoms with E-state index < -0.39 is 0 Å². The Bertz CT molecular complexity index is 1120. The van der Waals surface area contributed by atoms with Crippen molar-refractivity contribution in [2.45, 2.75) is 39.8 Å². The molecule has 0 radical (unpaired) electrons. The summed E-state index contributed by atoms with van der Waals surface area (Å²) in [4.78, 5) is 9.43. The molecule has 0 saturated heterocycles. The Morgan fingerprint density at radius 1 is 0.667 bits per heavy atom. The van der Waals surface area contributed by atoms with Crippen molar-refractivity contribution in [3.05, 3.63) is 59.7 Å². The molecular formula is C26H28N4O3. The van der Waals surface area contributed by atoms with Crippen LogP contribution in [0.2, 0.25) is 0 Å². The Morgan fingerprint density at radius 3 is 1.48 bits per heavy atom. The summed E-state index contributed by atoms with van der Waals surface area (Å²) in [5.74, 6) is 3.12. The van der Waals surface area contributed by atoms with E-state index in [2.05, 4.69) is 37.9 Å². The molecule has 0 N–H and O–H groups in total. The molecule has 2 aromatic carbocycles. The van der Waals surface area contributed by atoms with Crippen molar-refractivity contribution in [3.63, 3.8) is 0 Å². The summed E-state index contributed by atoms with van der Waals surface area (Å²) in [6, 6.07) is 16.1. The lowest BCUT2D eigenvalue weighted by Gasteiger charge is -2.06. The maximum atomic E-state index is 6.03. The Hall–Kier alpha value is -3.48. The maximum absolute atomic E-state index is 6.03. The van der Waals surface area contributed by atoms with Gasteiger partial charge in [0, 0.05) is 22.3 Å². The van der Waals surface area contributed by atoms with Crippen LogP contribution in [-0.4, -0.2) is 47.3 Å². The summed E-state index contributed by atoms with van der Waals surface area (Å²) in [6.07, 6.45) is 0. The van der Waals surface area contributed by atoms with Crippen molar-refractivity contribution in [3.8, 4) is 22.9 Å². The molecule has 3 heterocycles. The quantitative estimate of drug-likeness (QED) is 0.534. The second kappa shape index (κ2) is 8.81. The normalized spacial score (nSPS) is 20.1. The zero-order chi connectivity index (χ0) is 22.9. The molecule has 5 rings (SSSR count). The SMILES string of the molecule is CC(C)[C@H]1COC(c2cccc(-c3nnc(-c4cccc(C5=N[C@@H](C(C)C)CO5)c4)o3)c2)=N1. The van der Waals surface area contributed by atoms with E-state index in [1.165, 1.54) is 0 Å². The fourth-order valence-electron chi connectivity index (χ4n) is 3.80. The first-order valence-corrected chi connectivity index (χ1v) is 11.4. The fraction of sp³-hybridized carbons (Fsp3) is 0.385. The molecule has 0 bridgehead atoms. The van der Waals surface area contributed by atoms with Gasteiger partial charge in [0.2, 0.25) is 23.6 Å². The number of hydrogen-bond acceptors (Lipinski definition) is 7. The highest BCUT2D eigenvalue weighted by Gasteiger charge is 2.24. The van der Waals surface area contributed by atoms with E-state index >= 15 is 0 Å². The van der Waals surface area contributed by atoms with E-state index in [1.807, 2.05) is 48.5 Å². The fourth-order valence-corrected chi connectivity index (χ4v) is 3.80. The molecule has 2 aliphatic rings. The van der Waals surface area contributed by atoms with Crippen LogP contribution in [0.4, 0.5) is 0 Å². The highest BCUT2D eigenvalue weighted by atomic mass is 16.5. The second-order valence-electron chi connectivity index (χ2n) is 9.19. The van der Waals surface area contributed by atoms with Crippen LogP contribution >= 0.6 is 0 Å². The molecular weight excluding hydrogens is 416 g/mol. The van der Waals surface area contributed by atoms with E-state index in [0.29, 0.717) is 48.6 Å². The molecule has 0 saturated carbocycles. The van der Waals surface area contributed by atoms with Gasteiger partial charge in [0.15, 0.2) is 0 Å². The lowest BCUT2D eigenvalue weighted by Crippen LogP contribution is -2.13. The zero-order valence-corrected chi connectivity index (χ0v) is 19.4. The third-order valence-corrected chi connectivity index (χ3v) is 6.02. The Kier molecular flexibility index (Phi) is 5.70. The van der Waals surface area contributed by atoms with Crippen LogP contribution in [0.5, 0.6) is 0 Å². The van der Waals surface area contributed by atoms with E-state index in [-0.39, 0.29) is 12.1 Å². The highest BCUT2D eigenvalue weighted by molar-refractivity contribution is 5.96. The molecule has 3 aromatic rings. The number of benzene rings is 2. The van der Waals surface area contributed by atoms with Crippen molar-refractivity contribution >= 4 is 11.8 Å². The maximum Gasteiger partial charge on any atom is 0.248 e. The zero-order valence-electron chi connectivity index (χ0n) is 19.4. The Morgan fingerprint density at radius 2 is 1.09 bits per heavy atom. The minimum Gasteiger partial charge on any atom is -0.475 e. The first-order valence-electron chi connectivity index (χ1n) is 11.4. The van der Waals surface area contributed by atoms with Crippen LogP contribution in [-0.2, 0) is 9.47 Å². The van der Waals surface area contributed by atoms with Gasteiger partial charge in [-0.1, -0.05) is 39.8 Å². The van der Waals surface area contributed by atoms with Crippen LogP contribution in [0.1, 0.15) is 38.8 Å². The molecule has 0 aliphatic carbocycles. The third-order valence-electron chi connectivity index (χ3n) is 6.02. The van der Waals surface area contributed by atoms with Crippen LogP contribution in [0.3, 0.4) is 0 Å². The molecule has 0 fully saturated rings. The lowest BCUT2D eigenvalue weighted by molar-refractivity contribution is 0.291. The van der Waals surface area contributed by atoms with E-state index in [9.17, 15) is 0 Å². The van der Waals surface area contributed by atoms with Crippen LogP contribution in [0.25, 0.3) is 22.9 Å². The number of aromatic nitrogens is 2. The molecule has 0 unspecified atom stereocenters. The third kappa shape index (κ3) is 4.40. The van der Waals surface area contributed by atoms with Gasteiger partial charge >= 0.3 is 0 Å². The van der Waals surface area contributed by atoms with Gasteiger partial charge in [0.1, 0.15) is 13.2 Å². The van der Waals surface area contributed by atoms with Crippen LogP contribution < -0.4 is 0 Å². The summed E-state index contributed by atoms with van der Waals surface area (Å²) in [6.45, 7) is 9.84. The summed E-state index contributed by atoms with van der Waals surface area (Å²) >= 11 is 0. The Balaban J connectivity index is 1.39. The molecule has 33 heavy (non-hydrogen) atoms. The van der Waals surface area contributed by atoms with E-state index in [0.717, 1.165) is 22.3 Å². The topological polar surface area (TPSA) is 82.1 Å². The van der Waals surface area contributed by atoms with Crippen LogP contribution in [0, 0.1) is 11.8 Å². The molecule has 1 aromatic heterocycles. The summed E-state index contributed by atoms with van der Waals surface area (Å²) in [7, 11) is 0. The van der Waals surface area contributed by atoms with Crippen molar-refractivity contribution in [1.29, 1.82) is 0 Å². The van der Waals surface area contributed by atoms with Gasteiger partial charge in [0.05, 0.1) is 12.1 Å². The molecule has 170 valence electrons. The second-order valence-corrected chi connectivity index (χ2v) is 9.19. The molecule has 7 nitrogen and oxygen atoms in total. The predicted octanol–water partition coefficient (Wildman–Crippen LogP) is 5.01. The molecule has 2 aliphatic heterocycles. The molecule has 2 atom stereocenters. The number of hydrogen-bond donors (Lipinski definition) is 0. The monoisotopic (exact) mass is 444 g/mol. The molecule has 0 amide bonds. The lowest BCUT2D eigenvalue weighted by atomic mass is 10.1. The minimum atomic E-state index is 0.190. The number of ether oxygens (including phenoxy) is 2. The molecule has 0 spiro atoms. The standard InChI is InChI=1S/C26H28N4O3/c1-15(2)21-13-31-23(27-21)17-7-5-9-19(11-17)25-29-30-26(33-25)20-10-6-8-18(12-20)24-28-22(14-32-24)16(3)4/h5-12,15-16,21-22H,13-14H2,1-4H3/t21-,22-/m1/s1. The number of rotatable bonds is 6. The van der Waals surface area contributed by atoms with Crippen molar-refractivity contribution in [2.24, 2.45) is 21.8 Å². The average molecular weight is 445 g/mol. The predicted molar refractivity (Wildman–Crippen MR) is 127 cm³/mol. The smallest absolute Gasteiger partial charge is 0.248 e. The summed E-state index contributed by atoms with van der Waals surface area (Å²) in [5.41, 5.74) is 3.47. The van der Waals surface area contributed by atoms with Gasteiger partial charge < -0.3 is 13.9 Å². The number of nitrogens with zero attached hydrogens (tertiary/aromatic N) is 4. The van der Waals surface area contributed by atoms with E-state index in [1.54, 1.807) is 0 Å². The van der Waals surface area contributed by atoms with Gasteiger partial charge in [-0.2, -0.15) is 0 Å².